The van der Waals surface area contributed by atoms with Crippen molar-refractivity contribution in [2.24, 2.45) is 0 Å². The Kier molecular flexibility index (Phi) is 3.18. The summed E-state index contributed by atoms with van der Waals surface area (Å²) in [4.78, 5) is 3.84. The fourth-order valence-electron chi connectivity index (χ4n) is 1.31. The molecule has 0 radical (unpaired) electrons. The first-order valence-corrected chi connectivity index (χ1v) is 7.01. The molecule has 8 heteroatoms. The first-order chi connectivity index (χ1) is 8.03. The summed E-state index contributed by atoms with van der Waals surface area (Å²) in [5.41, 5.74) is 0. The van der Waals surface area contributed by atoms with Crippen LogP contribution in [0.3, 0.4) is 0 Å². The fraction of sp³-hybridized carbons (Fsp3) is 0.222. The lowest BCUT2D eigenvalue weighted by molar-refractivity contribution is 0.245. The predicted molar refractivity (Wildman–Crippen MR) is 62.3 cm³/mol. The molecular formula is C9H10N2O4S2. The summed E-state index contributed by atoms with van der Waals surface area (Å²) in [7, 11) is -3.71. The quantitative estimate of drug-likeness (QED) is 0.877. The van der Waals surface area contributed by atoms with Gasteiger partial charge in [0.05, 0.1) is 0 Å². The zero-order valence-electron chi connectivity index (χ0n) is 8.87. The highest BCUT2D eigenvalue weighted by molar-refractivity contribution is 7.93. The molecule has 17 heavy (non-hydrogen) atoms. The number of aliphatic hydroxyl groups is 1. The molecule has 0 spiro atoms. The molecule has 2 rings (SSSR count). The molecule has 92 valence electrons. The second kappa shape index (κ2) is 4.47. The lowest BCUT2D eigenvalue weighted by Gasteiger charge is -2.02. The van der Waals surface area contributed by atoms with Gasteiger partial charge in [-0.05, 0) is 6.92 Å². The molecule has 0 saturated carbocycles. The highest BCUT2D eigenvalue weighted by Gasteiger charge is 2.22. The van der Waals surface area contributed by atoms with Gasteiger partial charge in [-0.25, -0.2) is 13.4 Å². The Bertz CT molecular complexity index is 601. The third-order valence-electron chi connectivity index (χ3n) is 2.02. The summed E-state index contributed by atoms with van der Waals surface area (Å²) in [6.45, 7) is 1.18. The molecule has 0 aliphatic heterocycles. The van der Waals surface area contributed by atoms with Crippen LogP contribution >= 0.6 is 11.3 Å². The van der Waals surface area contributed by atoms with E-state index >= 15 is 0 Å². The van der Waals surface area contributed by atoms with E-state index in [1.54, 1.807) is 5.38 Å². The molecule has 0 aliphatic carbocycles. The maximum absolute atomic E-state index is 12.0. The van der Waals surface area contributed by atoms with E-state index in [1.165, 1.54) is 30.5 Å². The van der Waals surface area contributed by atoms with Crippen LogP contribution in [-0.4, -0.2) is 18.5 Å². The Labute approximate surface area is 102 Å². The van der Waals surface area contributed by atoms with Gasteiger partial charge in [-0.3, -0.25) is 4.72 Å². The van der Waals surface area contributed by atoms with E-state index < -0.39 is 10.0 Å². The number of sulfonamides is 1. The van der Waals surface area contributed by atoms with Crippen LogP contribution in [0.15, 0.2) is 27.0 Å². The van der Waals surface area contributed by atoms with E-state index in [4.69, 9.17) is 9.52 Å². The molecule has 2 heterocycles. The summed E-state index contributed by atoms with van der Waals surface area (Å²) in [6, 6.07) is 1.30. The van der Waals surface area contributed by atoms with Gasteiger partial charge in [0.1, 0.15) is 23.0 Å². The van der Waals surface area contributed by atoms with Gasteiger partial charge in [0.25, 0.3) is 10.0 Å². The van der Waals surface area contributed by atoms with Crippen LogP contribution < -0.4 is 4.72 Å². The number of aromatic nitrogens is 1. The molecule has 2 N–H and O–H groups in total. The van der Waals surface area contributed by atoms with Gasteiger partial charge < -0.3 is 9.52 Å². The summed E-state index contributed by atoms with van der Waals surface area (Å²) in [5, 5.41) is 10.8. The summed E-state index contributed by atoms with van der Waals surface area (Å²) >= 11 is 1.18. The number of nitrogens with one attached hydrogen (secondary N) is 1. The Morgan fingerprint density at radius 1 is 1.59 bits per heavy atom. The molecule has 0 aliphatic rings. The van der Waals surface area contributed by atoms with E-state index in [9.17, 15) is 8.42 Å². The predicted octanol–water partition coefficient (Wildman–Crippen LogP) is 1.34. The van der Waals surface area contributed by atoms with Gasteiger partial charge >= 0.3 is 0 Å². The molecule has 2 aromatic heterocycles. The second-order valence-corrected chi connectivity index (χ2v) is 5.78. The van der Waals surface area contributed by atoms with Crippen LogP contribution in [0.2, 0.25) is 0 Å². The smallest absolute Gasteiger partial charge is 0.267 e. The van der Waals surface area contributed by atoms with Crippen LogP contribution in [0.1, 0.15) is 11.5 Å². The SMILES string of the molecule is Cc1oc(CO)cc1S(=O)(=O)Nc1nccs1. The first kappa shape index (κ1) is 12.1. The van der Waals surface area contributed by atoms with Gasteiger partial charge in [-0.15, -0.1) is 11.3 Å². The molecule has 0 aromatic carbocycles. The minimum atomic E-state index is -3.71. The standard InChI is InChI=1S/C9H10N2O4S2/c1-6-8(4-7(5-12)15-6)17(13,14)11-9-10-2-3-16-9/h2-4,12H,5H2,1H3,(H,10,11). The number of hydrogen-bond acceptors (Lipinski definition) is 6. The monoisotopic (exact) mass is 274 g/mol. The Hall–Kier alpha value is -1.38. The first-order valence-electron chi connectivity index (χ1n) is 4.65. The molecule has 0 amide bonds. The Balaban J connectivity index is 2.34. The number of aliphatic hydroxyl groups excluding tert-OH is 1. The minimum absolute atomic E-state index is 0.0109. The van der Waals surface area contributed by atoms with Gasteiger partial charge in [-0.2, -0.15) is 0 Å². The van der Waals surface area contributed by atoms with Gasteiger partial charge in [0.2, 0.25) is 0 Å². The van der Waals surface area contributed by atoms with Crippen molar-refractivity contribution in [1.29, 1.82) is 0 Å². The highest BCUT2D eigenvalue weighted by atomic mass is 32.2. The van der Waals surface area contributed by atoms with Gasteiger partial charge in [-0.1, -0.05) is 0 Å². The molecule has 0 unspecified atom stereocenters. The van der Waals surface area contributed by atoms with E-state index in [-0.39, 0.29) is 28.2 Å². The van der Waals surface area contributed by atoms with Crippen molar-refractivity contribution in [2.75, 3.05) is 4.72 Å². The Morgan fingerprint density at radius 2 is 2.35 bits per heavy atom. The number of hydrogen-bond donors (Lipinski definition) is 2. The lowest BCUT2D eigenvalue weighted by Crippen LogP contribution is -2.12. The van der Waals surface area contributed by atoms with Crippen molar-refractivity contribution in [1.82, 2.24) is 4.98 Å². The third-order valence-corrected chi connectivity index (χ3v) is 4.29. The van der Waals surface area contributed by atoms with Gasteiger partial charge in [0.15, 0.2) is 5.13 Å². The van der Waals surface area contributed by atoms with Crippen LogP contribution in [0.5, 0.6) is 0 Å². The van der Waals surface area contributed by atoms with Crippen LogP contribution in [0, 0.1) is 6.92 Å². The van der Waals surface area contributed by atoms with Crippen molar-refractivity contribution >= 4 is 26.5 Å². The molecule has 6 nitrogen and oxygen atoms in total. The number of anilines is 1. The average Bonchev–Trinajstić information content (AvgIpc) is 2.86. The number of thiazole rings is 1. The van der Waals surface area contributed by atoms with Crippen LogP contribution in [-0.2, 0) is 16.6 Å². The number of aryl methyl sites for hydroxylation is 1. The van der Waals surface area contributed by atoms with Crippen LogP contribution in [0.25, 0.3) is 0 Å². The zero-order valence-corrected chi connectivity index (χ0v) is 10.5. The highest BCUT2D eigenvalue weighted by Crippen LogP contribution is 2.23. The molecule has 0 atom stereocenters. The average molecular weight is 274 g/mol. The van der Waals surface area contributed by atoms with Crippen LogP contribution in [0.4, 0.5) is 5.13 Å². The van der Waals surface area contributed by atoms with E-state index in [1.807, 2.05) is 0 Å². The largest absolute Gasteiger partial charge is 0.462 e. The van der Waals surface area contributed by atoms with E-state index in [0.717, 1.165) is 0 Å². The maximum atomic E-state index is 12.0. The number of rotatable bonds is 4. The molecular weight excluding hydrogens is 264 g/mol. The van der Waals surface area contributed by atoms with Crippen molar-refractivity contribution in [3.63, 3.8) is 0 Å². The number of nitrogens with zero attached hydrogens (tertiary/aromatic N) is 1. The zero-order chi connectivity index (χ0) is 12.5. The van der Waals surface area contributed by atoms with Crippen molar-refractivity contribution in [3.05, 3.63) is 29.2 Å². The van der Waals surface area contributed by atoms with Crippen molar-refractivity contribution in [3.8, 4) is 0 Å². The normalized spacial score (nSPS) is 11.6. The summed E-state index contributed by atoms with van der Waals surface area (Å²) in [5.74, 6) is 0.445. The maximum Gasteiger partial charge on any atom is 0.267 e. The molecule has 0 bridgehead atoms. The fourth-order valence-corrected chi connectivity index (χ4v) is 3.31. The van der Waals surface area contributed by atoms with Gasteiger partial charge in [0, 0.05) is 17.6 Å². The second-order valence-electron chi connectivity index (χ2n) is 3.23. The molecule has 2 aromatic rings. The molecule has 0 saturated heterocycles. The number of furan rings is 1. The lowest BCUT2D eigenvalue weighted by atomic mass is 10.4. The van der Waals surface area contributed by atoms with E-state index in [0.29, 0.717) is 0 Å². The third kappa shape index (κ3) is 2.48. The Morgan fingerprint density at radius 3 is 2.88 bits per heavy atom. The molecule has 0 fully saturated rings. The summed E-state index contributed by atoms with van der Waals surface area (Å²) in [6.07, 6.45) is 1.50. The topological polar surface area (TPSA) is 92.4 Å². The summed E-state index contributed by atoms with van der Waals surface area (Å²) < 4.78 is 31.3. The minimum Gasteiger partial charge on any atom is -0.462 e. The van der Waals surface area contributed by atoms with Crippen molar-refractivity contribution in [2.45, 2.75) is 18.4 Å². The van der Waals surface area contributed by atoms with E-state index in [2.05, 4.69) is 9.71 Å². The van der Waals surface area contributed by atoms with Crippen molar-refractivity contribution < 1.29 is 17.9 Å².